The van der Waals surface area contributed by atoms with Crippen molar-refractivity contribution >= 4 is 22.9 Å². The number of H-pyrrole nitrogens is 1. The second-order valence-corrected chi connectivity index (χ2v) is 7.96. The summed E-state index contributed by atoms with van der Waals surface area (Å²) in [4.78, 5) is 41.8. The van der Waals surface area contributed by atoms with Crippen LogP contribution in [-0.2, 0) is 11.8 Å². The van der Waals surface area contributed by atoms with Gasteiger partial charge in [-0.25, -0.2) is 4.79 Å². The molecule has 0 radical (unpaired) electrons. The normalized spacial score (nSPS) is 17.8. The monoisotopic (exact) mass is 374 g/mol. The van der Waals surface area contributed by atoms with E-state index < -0.39 is 5.60 Å². The minimum absolute atomic E-state index is 0.162. The van der Waals surface area contributed by atoms with Gasteiger partial charge in [-0.3, -0.25) is 9.59 Å². The molecule has 27 heavy (non-hydrogen) atoms. The van der Waals surface area contributed by atoms with Gasteiger partial charge in [0.1, 0.15) is 11.1 Å². The van der Waals surface area contributed by atoms with Gasteiger partial charge in [-0.05, 0) is 39.7 Å². The van der Waals surface area contributed by atoms with E-state index in [4.69, 9.17) is 4.74 Å². The van der Waals surface area contributed by atoms with Gasteiger partial charge >= 0.3 is 6.09 Å². The first kappa shape index (κ1) is 19.0. The minimum Gasteiger partial charge on any atom is -0.444 e. The van der Waals surface area contributed by atoms with Crippen LogP contribution in [0.2, 0.25) is 0 Å². The van der Waals surface area contributed by atoms with Crippen LogP contribution in [0.25, 0.3) is 10.9 Å². The van der Waals surface area contributed by atoms with Crippen LogP contribution in [0.15, 0.2) is 23.3 Å². The number of rotatable bonds is 2. The highest BCUT2D eigenvalue weighted by molar-refractivity contribution is 6.06. The molecule has 2 N–H and O–H groups in total. The highest BCUT2D eigenvalue weighted by Crippen LogP contribution is 2.18. The summed E-state index contributed by atoms with van der Waals surface area (Å²) in [6, 6.07) is 1.56. The van der Waals surface area contributed by atoms with E-state index in [1.165, 1.54) is 4.57 Å². The zero-order valence-corrected chi connectivity index (χ0v) is 16.2. The largest absolute Gasteiger partial charge is 0.444 e. The van der Waals surface area contributed by atoms with Gasteiger partial charge in [0.15, 0.2) is 0 Å². The van der Waals surface area contributed by atoms with Crippen LogP contribution in [0.1, 0.15) is 44.0 Å². The molecule has 0 aliphatic carbocycles. The molecule has 146 valence electrons. The lowest BCUT2D eigenvalue weighted by molar-refractivity contribution is 0.0185. The molecule has 1 aliphatic heterocycles. The summed E-state index contributed by atoms with van der Waals surface area (Å²) in [6.07, 6.45) is 4.40. The van der Waals surface area contributed by atoms with Crippen molar-refractivity contribution in [2.45, 2.75) is 45.3 Å². The Morgan fingerprint density at radius 2 is 2.07 bits per heavy atom. The first-order chi connectivity index (χ1) is 12.7. The first-order valence-corrected chi connectivity index (χ1v) is 9.11. The number of nitrogens with one attached hydrogen (secondary N) is 2. The molecule has 2 amide bonds. The van der Waals surface area contributed by atoms with Crippen LogP contribution >= 0.6 is 0 Å². The molecule has 2 aromatic heterocycles. The topological polar surface area (TPSA) is 96.4 Å². The van der Waals surface area contributed by atoms with E-state index in [1.807, 2.05) is 20.8 Å². The number of amides is 2. The van der Waals surface area contributed by atoms with Crippen molar-refractivity contribution in [2.75, 3.05) is 13.1 Å². The molecule has 1 saturated heterocycles. The van der Waals surface area contributed by atoms with E-state index in [9.17, 15) is 14.4 Å². The number of nitrogens with zero attached hydrogens (tertiary/aromatic N) is 2. The zero-order chi connectivity index (χ0) is 19.8. The van der Waals surface area contributed by atoms with Crippen LogP contribution in [0.4, 0.5) is 4.79 Å². The number of hydrogen-bond acceptors (Lipinski definition) is 4. The SMILES string of the molecule is Cn1cc(C(=O)NC2CCCN(C(=O)OC(C)(C)C)C2)c2cc[nH]c2c1=O. The molecule has 1 atom stereocenters. The van der Waals surface area contributed by atoms with E-state index >= 15 is 0 Å². The fourth-order valence-electron chi connectivity index (χ4n) is 3.30. The highest BCUT2D eigenvalue weighted by atomic mass is 16.6. The number of hydrogen-bond donors (Lipinski definition) is 2. The minimum atomic E-state index is -0.554. The molecule has 0 spiro atoms. The lowest BCUT2D eigenvalue weighted by Gasteiger charge is -2.34. The summed E-state index contributed by atoms with van der Waals surface area (Å²) < 4.78 is 6.81. The number of aryl methyl sites for hydroxylation is 1. The summed E-state index contributed by atoms with van der Waals surface area (Å²) in [5.74, 6) is -0.258. The van der Waals surface area contributed by atoms with E-state index in [2.05, 4.69) is 10.3 Å². The van der Waals surface area contributed by atoms with Crippen LogP contribution in [0.3, 0.4) is 0 Å². The Balaban J connectivity index is 1.73. The average Bonchev–Trinajstić information content (AvgIpc) is 3.06. The van der Waals surface area contributed by atoms with Crippen molar-refractivity contribution in [2.24, 2.45) is 7.05 Å². The summed E-state index contributed by atoms with van der Waals surface area (Å²) in [5, 5.41) is 3.59. The second-order valence-electron chi connectivity index (χ2n) is 7.96. The average molecular weight is 374 g/mol. The third-order valence-corrected chi connectivity index (χ3v) is 4.55. The number of pyridine rings is 1. The lowest BCUT2D eigenvalue weighted by Crippen LogP contribution is -2.50. The molecular formula is C19H26N4O4. The fourth-order valence-corrected chi connectivity index (χ4v) is 3.30. The Morgan fingerprint density at radius 1 is 1.33 bits per heavy atom. The Kier molecular flexibility index (Phi) is 4.99. The Hall–Kier alpha value is -2.77. The first-order valence-electron chi connectivity index (χ1n) is 9.11. The summed E-state index contributed by atoms with van der Waals surface area (Å²) >= 11 is 0. The number of likely N-dealkylation sites (tertiary alicyclic amines) is 1. The summed E-state index contributed by atoms with van der Waals surface area (Å²) in [5.41, 5.74) is 0.106. The van der Waals surface area contributed by atoms with Gasteiger partial charge in [0.2, 0.25) is 0 Å². The van der Waals surface area contributed by atoms with Gasteiger partial charge in [-0.1, -0.05) is 0 Å². The van der Waals surface area contributed by atoms with Crippen molar-refractivity contribution in [3.63, 3.8) is 0 Å². The summed E-state index contributed by atoms with van der Waals surface area (Å²) in [7, 11) is 1.62. The molecule has 1 aliphatic rings. The zero-order valence-electron chi connectivity index (χ0n) is 16.2. The number of aromatic nitrogens is 2. The van der Waals surface area contributed by atoms with Crippen molar-refractivity contribution < 1.29 is 14.3 Å². The van der Waals surface area contributed by atoms with Crippen LogP contribution in [0, 0.1) is 0 Å². The van der Waals surface area contributed by atoms with Crippen molar-refractivity contribution in [1.82, 2.24) is 19.8 Å². The Morgan fingerprint density at radius 3 is 2.78 bits per heavy atom. The molecule has 0 bridgehead atoms. The van der Waals surface area contributed by atoms with Crippen LogP contribution < -0.4 is 10.9 Å². The number of ether oxygens (including phenoxy) is 1. The third kappa shape index (κ3) is 4.15. The maximum absolute atomic E-state index is 12.8. The van der Waals surface area contributed by atoms with E-state index in [0.29, 0.717) is 29.6 Å². The van der Waals surface area contributed by atoms with Gasteiger partial charge in [0.25, 0.3) is 11.5 Å². The quantitative estimate of drug-likeness (QED) is 0.840. The van der Waals surface area contributed by atoms with Gasteiger partial charge in [-0.2, -0.15) is 0 Å². The maximum atomic E-state index is 12.8. The number of carbonyl (C=O) groups is 2. The molecule has 1 fully saturated rings. The van der Waals surface area contributed by atoms with Crippen molar-refractivity contribution in [3.05, 3.63) is 34.4 Å². The number of aromatic amines is 1. The number of carbonyl (C=O) groups excluding carboxylic acids is 2. The maximum Gasteiger partial charge on any atom is 0.410 e. The standard InChI is InChI=1S/C19H26N4O4/c1-19(2,3)27-18(26)23-9-5-6-12(10-23)21-16(24)14-11-22(4)17(25)15-13(14)7-8-20-15/h7-8,11-12,20H,5-6,9-10H2,1-4H3,(H,21,24). The van der Waals surface area contributed by atoms with Gasteiger partial charge < -0.3 is 24.5 Å². The molecule has 2 aromatic rings. The summed E-state index contributed by atoms with van der Waals surface area (Å²) in [6.45, 7) is 6.51. The van der Waals surface area contributed by atoms with Gasteiger partial charge in [0.05, 0.1) is 5.56 Å². The van der Waals surface area contributed by atoms with E-state index in [0.717, 1.165) is 12.8 Å². The molecule has 0 aromatic carbocycles. The third-order valence-electron chi connectivity index (χ3n) is 4.55. The number of fused-ring (bicyclic) bond motifs is 1. The van der Waals surface area contributed by atoms with E-state index in [1.54, 1.807) is 30.4 Å². The Bertz CT molecular complexity index is 922. The molecule has 3 heterocycles. The highest BCUT2D eigenvalue weighted by Gasteiger charge is 2.29. The second kappa shape index (κ2) is 7.09. The molecule has 0 saturated carbocycles. The van der Waals surface area contributed by atoms with Gasteiger partial charge in [0, 0.05) is 44.0 Å². The van der Waals surface area contributed by atoms with Crippen molar-refractivity contribution in [1.29, 1.82) is 0 Å². The molecule has 3 rings (SSSR count). The number of piperidine rings is 1. The molecule has 1 unspecified atom stereocenters. The smallest absolute Gasteiger partial charge is 0.410 e. The lowest BCUT2D eigenvalue weighted by atomic mass is 10.0. The van der Waals surface area contributed by atoms with Gasteiger partial charge in [-0.15, -0.1) is 0 Å². The molecule has 8 nitrogen and oxygen atoms in total. The molecule has 8 heteroatoms. The van der Waals surface area contributed by atoms with Crippen molar-refractivity contribution in [3.8, 4) is 0 Å². The predicted molar refractivity (Wildman–Crippen MR) is 102 cm³/mol. The Labute approximate surface area is 157 Å². The van der Waals surface area contributed by atoms with Crippen LogP contribution in [-0.4, -0.2) is 51.2 Å². The van der Waals surface area contributed by atoms with Crippen LogP contribution in [0.5, 0.6) is 0 Å². The predicted octanol–water partition coefficient (Wildman–Crippen LogP) is 2.00. The fraction of sp³-hybridized carbons (Fsp3) is 0.526. The molecular weight excluding hydrogens is 348 g/mol. The van der Waals surface area contributed by atoms with E-state index in [-0.39, 0.29) is 23.6 Å².